The Balaban J connectivity index is 0.000000980. The highest BCUT2D eigenvalue weighted by Crippen LogP contribution is 2.16. The third kappa shape index (κ3) is 2.29. The first-order valence-electron chi connectivity index (χ1n) is 3.98. The average Bonchev–Trinajstić information content (AvgIpc) is 2.67. The Hall–Kier alpha value is -0.970. The van der Waals surface area contributed by atoms with E-state index in [-0.39, 0.29) is 12.4 Å². The lowest BCUT2D eigenvalue weighted by molar-refractivity contribution is 1.04. The van der Waals surface area contributed by atoms with Gasteiger partial charge in [-0.3, -0.25) is 0 Å². The summed E-state index contributed by atoms with van der Waals surface area (Å²) < 4.78 is 4.21. The predicted octanol–water partition coefficient (Wildman–Crippen LogP) is 2.09. The van der Waals surface area contributed by atoms with E-state index >= 15 is 0 Å². The Bertz CT molecular complexity index is 388. The first kappa shape index (κ1) is 11.1. The smallest absolute Gasteiger partial charge is 0.173 e. The summed E-state index contributed by atoms with van der Waals surface area (Å²) in [5, 5.41) is 0.874. The molecule has 1 aromatic heterocycles. The van der Waals surface area contributed by atoms with Gasteiger partial charge in [0.15, 0.2) is 5.82 Å². The summed E-state index contributed by atoms with van der Waals surface area (Å²) >= 11 is 1.36. The number of hydrogen-bond acceptors (Lipinski definition) is 4. The van der Waals surface area contributed by atoms with Crippen LogP contribution in [-0.2, 0) is 6.54 Å². The summed E-state index contributed by atoms with van der Waals surface area (Å²) in [6.45, 7) is 0.463. The second kappa shape index (κ2) is 5.05. The summed E-state index contributed by atoms with van der Waals surface area (Å²) in [5.74, 6) is 0.769. The van der Waals surface area contributed by atoms with Gasteiger partial charge in [-0.05, 0) is 11.5 Å². The SMILES string of the molecule is Cl.NCc1nc(-c2ccccc2)ns1. The minimum Gasteiger partial charge on any atom is -0.324 e. The van der Waals surface area contributed by atoms with E-state index in [4.69, 9.17) is 5.73 Å². The quantitative estimate of drug-likeness (QED) is 0.855. The minimum absolute atomic E-state index is 0. The Labute approximate surface area is 92.6 Å². The molecule has 2 N–H and O–H groups in total. The van der Waals surface area contributed by atoms with Gasteiger partial charge in [-0.1, -0.05) is 30.3 Å². The summed E-state index contributed by atoms with van der Waals surface area (Å²) in [4.78, 5) is 4.28. The van der Waals surface area contributed by atoms with Crippen molar-refractivity contribution in [2.75, 3.05) is 0 Å². The first-order valence-corrected chi connectivity index (χ1v) is 4.75. The highest BCUT2D eigenvalue weighted by Gasteiger charge is 2.03. The molecule has 0 bridgehead atoms. The fraction of sp³-hybridized carbons (Fsp3) is 0.111. The molecule has 0 radical (unpaired) electrons. The standard InChI is InChI=1S/C9H9N3S.ClH/c10-6-8-11-9(12-13-8)7-4-2-1-3-5-7;/h1-5H,6,10H2;1H. The van der Waals surface area contributed by atoms with E-state index in [0.717, 1.165) is 16.4 Å². The third-order valence-corrected chi connectivity index (χ3v) is 2.41. The molecule has 0 aliphatic carbocycles. The molecule has 0 saturated heterocycles. The first-order chi connectivity index (χ1) is 6.40. The molecule has 0 fully saturated rings. The van der Waals surface area contributed by atoms with Crippen LogP contribution >= 0.6 is 23.9 Å². The van der Waals surface area contributed by atoms with Crippen molar-refractivity contribution in [2.45, 2.75) is 6.54 Å². The molecule has 5 heteroatoms. The predicted molar refractivity (Wildman–Crippen MR) is 60.5 cm³/mol. The molecule has 14 heavy (non-hydrogen) atoms. The van der Waals surface area contributed by atoms with Crippen LogP contribution in [0.3, 0.4) is 0 Å². The number of nitrogens with two attached hydrogens (primary N) is 1. The zero-order valence-corrected chi connectivity index (χ0v) is 9.02. The van der Waals surface area contributed by atoms with Crippen LogP contribution in [0.2, 0.25) is 0 Å². The van der Waals surface area contributed by atoms with Crippen LogP contribution in [0.4, 0.5) is 0 Å². The zero-order valence-electron chi connectivity index (χ0n) is 7.38. The lowest BCUT2D eigenvalue weighted by Crippen LogP contribution is -1.94. The minimum atomic E-state index is 0. The van der Waals surface area contributed by atoms with Gasteiger partial charge in [-0.15, -0.1) is 12.4 Å². The van der Waals surface area contributed by atoms with Gasteiger partial charge >= 0.3 is 0 Å². The largest absolute Gasteiger partial charge is 0.324 e. The van der Waals surface area contributed by atoms with Gasteiger partial charge in [0.2, 0.25) is 0 Å². The van der Waals surface area contributed by atoms with Gasteiger partial charge < -0.3 is 5.73 Å². The molecule has 3 nitrogen and oxygen atoms in total. The van der Waals surface area contributed by atoms with E-state index in [1.54, 1.807) is 0 Å². The lowest BCUT2D eigenvalue weighted by atomic mass is 10.2. The summed E-state index contributed by atoms with van der Waals surface area (Å²) in [6.07, 6.45) is 0. The van der Waals surface area contributed by atoms with Crippen LogP contribution in [0.25, 0.3) is 11.4 Å². The van der Waals surface area contributed by atoms with Gasteiger partial charge in [0.05, 0.1) is 0 Å². The molecule has 1 aromatic carbocycles. The number of aromatic nitrogens is 2. The molecule has 0 amide bonds. The number of nitrogens with zero attached hydrogens (tertiary/aromatic N) is 2. The van der Waals surface area contributed by atoms with E-state index in [0.29, 0.717) is 6.54 Å². The Morgan fingerprint density at radius 2 is 1.93 bits per heavy atom. The van der Waals surface area contributed by atoms with E-state index in [9.17, 15) is 0 Å². The highest BCUT2D eigenvalue weighted by atomic mass is 35.5. The van der Waals surface area contributed by atoms with Gasteiger partial charge in [-0.2, -0.15) is 4.37 Å². The van der Waals surface area contributed by atoms with Crippen LogP contribution in [0.1, 0.15) is 5.01 Å². The van der Waals surface area contributed by atoms with Crippen LogP contribution in [-0.4, -0.2) is 9.36 Å². The van der Waals surface area contributed by atoms with Gasteiger partial charge in [0.25, 0.3) is 0 Å². The summed E-state index contributed by atoms with van der Waals surface area (Å²) in [7, 11) is 0. The third-order valence-electron chi connectivity index (χ3n) is 1.67. The normalized spacial score (nSPS) is 9.50. The molecular formula is C9H10ClN3S. The van der Waals surface area contributed by atoms with Crippen molar-refractivity contribution >= 4 is 23.9 Å². The molecular weight excluding hydrogens is 218 g/mol. The van der Waals surface area contributed by atoms with Crippen molar-refractivity contribution in [1.82, 2.24) is 9.36 Å². The van der Waals surface area contributed by atoms with E-state index < -0.39 is 0 Å². The summed E-state index contributed by atoms with van der Waals surface area (Å²) in [6, 6.07) is 9.89. The average molecular weight is 228 g/mol. The van der Waals surface area contributed by atoms with Crippen LogP contribution in [0.15, 0.2) is 30.3 Å². The van der Waals surface area contributed by atoms with Crippen molar-refractivity contribution in [3.05, 3.63) is 35.3 Å². The highest BCUT2D eigenvalue weighted by molar-refractivity contribution is 7.05. The van der Waals surface area contributed by atoms with Crippen molar-refractivity contribution in [3.8, 4) is 11.4 Å². The maximum Gasteiger partial charge on any atom is 0.173 e. The summed E-state index contributed by atoms with van der Waals surface area (Å²) in [5.41, 5.74) is 6.49. The maximum atomic E-state index is 5.45. The van der Waals surface area contributed by atoms with Crippen molar-refractivity contribution in [2.24, 2.45) is 5.73 Å². The van der Waals surface area contributed by atoms with Gasteiger partial charge in [-0.25, -0.2) is 4.98 Å². The number of hydrogen-bond donors (Lipinski definition) is 1. The number of halogens is 1. The van der Waals surface area contributed by atoms with Gasteiger partial charge in [0, 0.05) is 12.1 Å². The topological polar surface area (TPSA) is 51.8 Å². The molecule has 0 aliphatic heterocycles. The number of benzene rings is 1. The van der Waals surface area contributed by atoms with Crippen molar-refractivity contribution < 1.29 is 0 Å². The second-order valence-corrected chi connectivity index (χ2v) is 3.42. The molecule has 0 atom stereocenters. The maximum absolute atomic E-state index is 5.45. The molecule has 0 spiro atoms. The molecule has 0 unspecified atom stereocenters. The molecule has 1 heterocycles. The van der Waals surface area contributed by atoms with Crippen molar-refractivity contribution in [3.63, 3.8) is 0 Å². The Morgan fingerprint density at radius 1 is 1.21 bits per heavy atom. The second-order valence-electron chi connectivity index (χ2n) is 2.58. The van der Waals surface area contributed by atoms with Crippen LogP contribution in [0.5, 0.6) is 0 Å². The zero-order chi connectivity index (χ0) is 9.10. The van der Waals surface area contributed by atoms with E-state index in [1.165, 1.54) is 11.5 Å². The van der Waals surface area contributed by atoms with E-state index in [2.05, 4.69) is 9.36 Å². The lowest BCUT2D eigenvalue weighted by Gasteiger charge is -1.91. The van der Waals surface area contributed by atoms with Crippen LogP contribution in [0, 0.1) is 0 Å². The number of rotatable bonds is 2. The fourth-order valence-corrected chi connectivity index (χ4v) is 1.58. The molecule has 2 aromatic rings. The molecule has 74 valence electrons. The monoisotopic (exact) mass is 227 g/mol. The van der Waals surface area contributed by atoms with E-state index in [1.807, 2.05) is 30.3 Å². The Kier molecular flexibility index (Phi) is 4.00. The van der Waals surface area contributed by atoms with Crippen molar-refractivity contribution in [1.29, 1.82) is 0 Å². The Morgan fingerprint density at radius 3 is 2.50 bits per heavy atom. The molecule has 0 aliphatic rings. The van der Waals surface area contributed by atoms with Gasteiger partial charge in [0.1, 0.15) is 5.01 Å². The van der Waals surface area contributed by atoms with Crippen LogP contribution < -0.4 is 5.73 Å². The fourth-order valence-electron chi connectivity index (χ4n) is 1.04. The molecule has 2 rings (SSSR count). The molecule has 0 saturated carbocycles.